The van der Waals surface area contributed by atoms with Crippen LogP contribution in [0.4, 0.5) is 5.82 Å². The van der Waals surface area contributed by atoms with Crippen LogP contribution in [-0.4, -0.2) is 26.3 Å². The van der Waals surface area contributed by atoms with Gasteiger partial charge in [0.1, 0.15) is 6.33 Å². The summed E-state index contributed by atoms with van der Waals surface area (Å²) in [6, 6.07) is 0. The monoisotopic (exact) mass is 140 g/mol. The molecule has 0 aliphatic heterocycles. The lowest BCUT2D eigenvalue weighted by Crippen LogP contribution is -2.07. The molecule has 1 rings (SSSR count). The second-order valence-corrected chi connectivity index (χ2v) is 1.50. The van der Waals surface area contributed by atoms with E-state index < -0.39 is 5.97 Å². The number of anilines is 1. The third kappa shape index (κ3) is 0.993. The fraction of sp³-hybridized carbons (Fsp3) is 0. The largest absolute Gasteiger partial charge is 0.476 e. The van der Waals surface area contributed by atoms with Gasteiger partial charge in [0.05, 0.1) is 0 Å². The van der Waals surface area contributed by atoms with Crippen molar-refractivity contribution in [3.63, 3.8) is 0 Å². The van der Waals surface area contributed by atoms with Crippen LogP contribution in [0.2, 0.25) is 0 Å². The molecule has 1 heterocycles. The summed E-state index contributed by atoms with van der Waals surface area (Å²) in [6.07, 6.45) is 1.03. The number of nitrogens with zero attached hydrogens (tertiary/aromatic N) is 3. The molecule has 0 unspecified atom stereocenters. The number of hydrogen-bond donors (Lipinski definition) is 2. The van der Waals surface area contributed by atoms with E-state index in [4.69, 9.17) is 10.8 Å². The first-order valence-electron chi connectivity index (χ1n) is 2.38. The van der Waals surface area contributed by atoms with E-state index in [9.17, 15) is 4.79 Å². The lowest BCUT2D eigenvalue weighted by molar-refractivity contribution is 0.0691. The third-order valence-electron chi connectivity index (χ3n) is 0.849. The fourth-order valence-electron chi connectivity index (χ4n) is 0.450. The topological polar surface area (TPSA) is 102 Å². The highest BCUT2D eigenvalue weighted by molar-refractivity contribution is 5.89. The molecule has 0 saturated carbocycles. The molecule has 0 radical (unpaired) electrons. The van der Waals surface area contributed by atoms with Gasteiger partial charge in [-0.15, -0.1) is 10.2 Å². The highest BCUT2D eigenvalue weighted by Crippen LogP contribution is 1.99. The minimum atomic E-state index is -1.20. The number of rotatable bonds is 1. The second kappa shape index (κ2) is 2.26. The van der Waals surface area contributed by atoms with Crippen molar-refractivity contribution in [1.29, 1.82) is 0 Å². The van der Waals surface area contributed by atoms with E-state index in [2.05, 4.69) is 15.2 Å². The molecular formula is C4H4N4O2. The number of hydrogen-bond acceptors (Lipinski definition) is 5. The Bertz CT molecular complexity index is 261. The van der Waals surface area contributed by atoms with Crippen LogP contribution in [0.25, 0.3) is 0 Å². The Kier molecular flexibility index (Phi) is 1.44. The van der Waals surface area contributed by atoms with Gasteiger partial charge in [0.15, 0.2) is 11.5 Å². The molecule has 6 nitrogen and oxygen atoms in total. The summed E-state index contributed by atoms with van der Waals surface area (Å²) in [5.41, 5.74) is 4.84. The third-order valence-corrected chi connectivity index (χ3v) is 0.849. The normalized spacial score (nSPS) is 9.20. The van der Waals surface area contributed by atoms with Gasteiger partial charge in [-0.25, -0.2) is 9.78 Å². The molecule has 0 aliphatic rings. The van der Waals surface area contributed by atoms with Gasteiger partial charge in [0, 0.05) is 0 Å². The average Bonchev–Trinajstić information content (AvgIpc) is 1.88. The summed E-state index contributed by atoms with van der Waals surface area (Å²) in [4.78, 5) is 13.6. The van der Waals surface area contributed by atoms with E-state index in [1.54, 1.807) is 0 Å². The van der Waals surface area contributed by atoms with E-state index in [0.717, 1.165) is 6.33 Å². The molecule has 0 aromatic carbocycles. The number of carboxylic acid groups (broad SMARTS) is 1. The molecule has 0 aliphatic carbocycles. The van der Waals surface area contributed by atoms with Crippen molar-refractivity contribution in [2.45, 2.75) is 0 Å². The van der Waals surface area contributed by atoms with Crippen molar-refractivity contribution in [2.75, 3.05) is 5.73 Å². The zero-order valence-corrected chi connectivity index (χ0v) is 4.85. The number of nitrogens with two attached hydrogens (primary N) is 1. The average molecular weight is 140 g/mol. The molecule has 1 aromatic heterocycles. The van der Waals surface area contributed by atoms with E-state index in [1.165, 1.54) is 0 Å². The molecule has 3 N–H and O–H groups in total. The molecule has 1 aromatic rings. The minimum absolute atomic E-state index is 0.171. The number of nitrogen functional groups attached to an aromatic ring is 1. The van der Waals surface area contributed by atoms with Crippen molar-refractivity contribution in [3.05, 3.63) is 12.0 Å². The van der Waals surface area contributed by atoms with E-state index >= 15 is 0 Å². The van der Waals surface area contributed by atoms with E-state index in [1.807, 2.05) is 0 Å². The van der Waals surface area contributed by atoms with Gasteiger partial charge >= 0.3 is 5.97 Å². The van der Waals surface area contributed by atoms with Gasteiger partial charge in [-0.2, -0.15) is 0 Å². The predicted molar refractivity (Wildman–Crippen MR) is 31.2 cm³/mol. The van der Waals surface area contributed by atoms with E-state index in [0.29, 0.717) is 0 Å². The maximum atomic E-state index is 10.2. The van der Waals surface area contributed by atoms with Crippen molar-refractivity contribution in [2.24, 2.45) is 0 Å². The molecule has 0 spiro atoms. The Morgan fingerprint density at radius 2 is 2.40 bits per heavy atom. The van der Waals surface area contributed by atoms with Gasteiger partial charge < -0.3 is 10.8 Å². The van der Waals surface area contributed by atoms with Gasteiger partial charge in [-0.3, -0.25) is 0 Å². The Balaban J connectivity index is 3.15. The maximum absolute atomic E-state index is 10.2. The molecular weight excluding hydrogens is 136 g/mol. The second-order valence-electron chi connectivity index (χ2n) is 1.50. The predicted octanol–water partition coefficient (Wildman–Crippen LogP) is -0.848. The van der Waals surface area contributed by atoms with Gasteiger partial charge in [-0.05, 0) is 0 Å². The van der Waals surface area contributed by atoms with Crippen LogP contribution in [-0.2, 0) is 0 Å². The van der Waals surface area contributed by atoms with Crippen molar-refractivity contribution < 1.29 is 9.90 Å². The summed E-state index contributed by atoms with van der Waals surface area (Å²) < 4.78 is 0. The van der Waals surface area contributed by atoms with E-state index in [-0.39, 0.29) is 11.5 Å². The maximum Gasteiger partial charge on any atom is 0.358 e. The highest BCUT2D eigenvalue weighted by Gasteiger charge is 2.08. The minimum Gasteiger partial charge on any atom is -0.476 e. The van der Waals surface area contributed by atoms with Crippen molar-refractivity contribution in [3.8, 4) is 0 Å². The van der Waals surface area contributed by atoms with Gasteiger partial charge in [0.2, 0.25) is 0 Å². The molecule has 0 atom stereocenters. The van der Waals surface area contributed by atoms with Crippen molar-refractivity contribution in [1.82, 2.24) is 15.2 Å². The Morgan fingerprint density at radius 3 is 2.80 bits per heavy atom. The standard InChI is InChI=1S/C4H4N4O2/c5-3-2(4(9)10)6-1-7-8-3/h1H,(H2,5,8)(H,9,10). The molecule has 52 valence electrons. The molecule has 0 fully saturated rings. The molecule has 10 heavy (non-hydrogen) atoms. The molecule has 0 amide bonds. The summed E-state index contributed by atoms with van der Waals surface area (Å²) in [7, 11) is 0. The molecule has 6 heteroatoms. The Labute approximate surface area is 55.7 Å². The molecule has 0 saturated heterocycles. The summed E-state index contributed by atoms with van der Waals surface area (Å²) >= 11 is 0. The van der Waals surface area contributed by atoms with Crippen molar-refractivity contribution >= 4 is 11.8 Å². The van der Waals surface area contributed by atoms with Crippen LogP contribution >= 0.6 is 0 Å². The zero-order chi connectivity index (χ0) is 7.56. The van der Waals surface area contributed by atoms with Crippen LogP contribution in [0.15, 0.2) is 6.33 Å². The van der Waals surface area contributed by atoms with Crippen LogP contribution in [0.1, 0.15) is 10.5 Å². The fourth-order valence-corrected chi connectivity index (χ4v) is 0.450. The molecule has 0 bridgehead atoms. The Morgan fingerprint density at radius 1 is 1.70 bits per heavy atom. The first kappa shape index (κ1) is 6.40. The van der Waals surface area contributed by atoms with Crippen LogP contribution in [0.3, 0.4) is 0 Å². The van der Waals surface area contributed by atoms with Crippen LogP contribution < -0.4 is 5.73 Å². The SMILES string of the molecule is Nc1nncnc1C(=O)O. The summed E-state index contributed by atoms with van der Waals surface area (Å²) in [5.74, 6) is -1.37. The number of aromatic nitrogens is 3. The zero-order valence-electron chi connectivity index (χ0n) is 4.85. The first-order chi connectivity index (χ1) is 4.72. The summed E-state index contributed by atoms with van der Waals surface area (Å²) in [5, 5.41) is 14.9. The number of aromatic carboxylic acids is 1. The first-order valence-corrected chi connectivity index (χ1v) is 2.38. The van der Waals surface area contributed by atoms with Gasteiger partial charge in [-0.1, -0.05) is 0 Å². The number of carbonyl (C=O) groups is 1. The number of carboxylic acids is 1. The van der Waals surface area contributed by atoms with Crippen LogP contribution in [0, 0.1) is 0 Å². The lowest BCUT2D eigenvalue weighted by Gasteiger charge is -1.92. The Hall–Kier alpha value is -1.72. The quantitative estimate of drug-likeness (QED) is 0.526. The lowest BCUT2D eigenvalue weighted by atomic mass is 10.4. The van der Waals surface area contributed by atoms with Gasteiger partial charge in [0.25, 0.3) is 0 Å². The van der Waals surface area contributed by atoms with Crippen LogP contribution in [0.5, 0.6) is 0 Å². The summed E-state index contributed by atoms with van der Waals surface area (Å²) in [6.45, 7) is 0. The smallest absolute Gasteiger partial charge is 0.358 e. The highest BCUT2D eigenvalue weighted by atomic mass is 16.4.